The van der Waals surface area contributed by atoms with E-state index in [0.29, 0.717) is 17.7 Å². The molecule has 0 amide bonds. The molecular formula is C13H12ClFN2O2. The van der Waals surface area contributed by atoms with Gasteiger partial charge in [0.05, 0.1) is 23.9 Å². The quantitative estimate of drug-likeness (QED) is 0.619. The van der Waals surface area contributed by atoms with Crippen LogP contribution in [0, 0.1) is 5.82 Å². The fourth-order valence-corrected chi connectivity index (χ4v) is 1.95. The van der Waals surface area contributed by atoms with Gasteiger partial charge in [0.2, 0.25) is 0 Å². The van der Waals surface area contributed by atoms with E-state index in [1.165, 1.54) is 19.4 Å². The Morgan fingerprint density at radius 2 is 2.26 bits per heavy atom. The van der Waals surface area contributed by atoms with Gasteiger partial charge in [0.15, 0.2) is 0 Å². The maximum Gasteiger partial charge on any atom is 0.354 e. The Kier molecular flexibility index (Phi) is 3.66. The number of allylic oxidation sites excluding steroid dienone is 1. The molecule has 0 aliphatic carbocycles. The first-order chi connectivity index (χ1) is 8.94. The molecule has 1 unspecified atom stereocenters. The summed E-state index contributed by atoms with van der Waals surface area (Å²) in [5, 5.41) is 0. The fourth-order valence-electron chi connectivity index (χ4n) is 1.76. The number of halogens is 2. The lowest BCUT2D eigenvalue weighted by Crippen LogP contribution is -2.37. The third kappa shape index (κ3) is 2.81. The zero-order valence-corrected chi connectivity index (χ0v) is 11.2. The molecule has 1 atom stereocenters. The van der Waals surface area contributed by atoms with Crippen LogP contribution in [0.4, 0.5) is 4.39 Å². The average molecular weight is 283 g/mol. The highest BCUT2D eigenvalue weighted by molar-refractivity contribution is 6.53. The highest BCUT2D eigenvalue weighted by Crippen LogP contribution is 2.32. The van der Waals surface area contributed by atoms with Crippen LogP contribution in [-0.2, 0) is 9.53 Å². The van der Waals surface area contributed by atoms with Crippen molar-refractivity contribution in [3.63, 3.8) is 0 Å². The number of aliphatic imine (C=N–C) groups is 1. The SMILES string of the molecule is COC(=O)C1=NC(c2cncc(F)c2)=CCC1(C)Cl. The van der Waals surface area contributed by atoms with Crippen LogP contribution in [-0.4, -0.2) is 28.6 Å². The van der Waals surface area contributed by atoms with Crippen LogP contribution in [0.5, 0.6) is 0 Å². The second-order valence-electron chi connectivity index (χ2n) is 4.33. The Bertz CT molecular complexity index is 582. The molecule has 0 aromatic carbocycles. The zero-order chi connectivity index (χ0) is 14.0. The summed E-state index contributed by atoms with van der Waals surface area (Å²) in [6.07, 6.45) is 4.72. The molecule has 0 bridgehead atoms. The third-order valence-electron chi connectivity index (χ3n) is 2.78. The maximum atomic E-state index is 13.1. The third-order valence-corrected chi connectivity index (χ3v) is 3.12. The van der Waals surface area contributed by atoms with Gasteiger partial charge in [-0.15, -0.1) is 11.6 Å². The lowest BCUT2D eigenvalue weighted by molar-refractivity contribution is -0.132. The van der Waals surface area contributed by atoms with Gasteiger partial charge < -0.3 is 4.74 Å². The number of hydrogen-bond donors (Lipinski definition) is 0. The number of esters is 1. The van der Waals surface area contributed by atoms with Crippen LogP contribution in [0.3, 0.4) is 0 Å². The van der Waals surface area contributed by atoms with Gasteiger partial charge in [-0.3, -0.25) is 4.98 Å². The van der Waals surface area contributed by atoms with Crippen molar-refractivity contribution in [3.8, 4) is 0 Å². The summed E-state index contributed by atoms with van der Waals surface area (Å²) in [5.74, 6) is -1.06. The second kappa shape index (κ2) is 5.09. The van der Waals surface area contributed by atoms with E-state index in [1.807, 2.05) is 0 Å². The van der Waals surface area contributed by atoms with E-state index >= 15 is 0 Å². The smallest absolute Gasteiger partial charge is 0.354 e. The number of hydrogen-bond acceptors (Lipinski definition) is 4. The average Bonchev–Trinajstić information content (AvgIpc) is 2.37. The zero-order valence-electron chi connectivity index (χ0n) is 10.5. The maximum absolute atomic E-state index is 13.1. The molecule has 0 fully saturated rings. The van der Waals surface area contributed by atoms with Gasteiger partial charge in [-0.25, -0.2) is 14.2 Å². The standard InChI is InChI=1S/C13H12ClFN2O2/c1-13(14)4-3-10(17-11(13)12(18)19-2)8-5-9(15)7-16-6-8/h3,5-7H,4H2,1-2H3. The van der Waals surface area contributed by atoms with E-state index in [1.54, 1.807) is 13.0 Å². The van der Waals surface area contributed by atoms with Crippen molar-refractivity contribution in [1.29, 1.82) is 0 Å². The van der Waals surface area contributed by atoms with Crippen LogP contribution in [0.2, 0.25) is 0 Å². The summed E-state index contributed by atoms with van der Waals surface area (Å²) in [4.78, 5) is 18.7. The first-order valence-corrected chi connectivity index (χ1v) is 5.99. The predicted molar refractivity (Wildman–Crippen MR) is 70.5 cm³/mol. The van der Waals surface area contributed by atoms with Gasteiger partial charge in [-0.1, -0.05) is 6.08 Å². The summed E-state index contributed by atoms with van der Waals surface area (Å²) in [5.41, 5.74) is 1.07. The predicted octanol–water partition coefficient (Wildman–Crippen LogP) is 2.58. The highest BCUT2D eigenvalue weighted by atomic mass is 35.5. The van der Waals surface area contributed by atoms with Crippen LogP contribution in [0.15, 0.2) is 29.5 Å². The van der Waals surface area contributed by atoms with Gasteiger partial charge in [0, 0.05) is 11.8 Å². The fraction of sp³-hybridized carbons (Fsp3) is 0.308. The van der Waals surface area contributed by atoms with E-state index in [0.717, 1.165) is 6.20 Å². The number of methoxy groups -OCH3 is 1. The minimum Gasteiger partial charge on any atom is -0.464 e. The molecule has 1 aromatic rings. The highest BCUT2D eigenvalue weighted by Gasteiger charge is 2.36. The molecule has 0 saturated carbocycles. The summed E-state index contributed by atoms with van der Waals surface area (Å²) in [7, 11) is 1.26. The Morgan fingerprint density at radius 3 is 2.89 bits per heavy atom. The molecule has 1 aliphatic heterocycles. The summed E-state index contributed by atoms with van der Waals surface area (Å²) in [6, 6.07) is 1.30. The van der Waals surface area contributed by atoms with E-state index < -0.39 is 16.7 Å². The number of aromatic nitrogens is 1. The lowest BCUT2D eigenvalue weighted by Gasteiger charge is -2.25. The molecule has 0 saturated heterocycles. The Hall–Kier alpha value is -1.75. The number of ether oxygens (including phenoxy) is 1. The number of pyridine rings is 1. The van der Waals surface area contributed by atoms with Crippen molar-refractivity contribution in [3.05, 3.63) is 35.9 Å². The number of carbonyl (C=O) groups excluding carboxylic acids is 1. The normalized spacial score (nSPS) is 22.5. The number of nitrogens with zero attached hydrogens (tertiary/aromatic N) is 2. The Labute approximate surface area is 115 Å². The molecule has 100 valence electrons. The van der Waals surface area contributed by atoms with Crippen LogP contribution >= 0.6 is 11.6 Å². The first-order valence-electron chi connectivity index (χ1n) is 5.61. The van der Waals surface area contributed by atoms with E-state index in [9.17, 15) is 9.18 Å². The van der Waals surface area contributed by atoms with Crippen molar-refractivity contribution < 1.29 is 13.9 Å². The van der Waals surface area contributed by atoms with Crippen LogP contribution < -0.4 is 0 Å². The van der Waals surface area contributed by atoms with E-state index in [2.05, 4.69) is 14.7 Å². The van der Waals surface area contributed by atoms with Crippen LogP contribution in [0.25, 0.3) is 5.70 Å². The summed E-state index contributed by atoms with van der Waals surface area (Å²) < 4.78 is 17.8. The molecule has 0 spiro atoms. The monoisotopic (exact) mass is 282 g/mol. The van der Waals surface area contributed by atoms with E-state index in [4.69, 9.17) is 11.6 Å². The molecule has 19 heavy (non-hydrogen) atoms. The van der Waals surface area contributed by atoms with Gasteiger partial charge in [-0.2, -0.15) is 0 Å². The lowest BCUT2D eigenvalue weighted by atomic mass is 9.95. The molecule has 0 radical (unpaired) electrons. The van der Waals surface area contributed by atoms with Crippen molar-refractivity contribution in [1.82, 2.24) is 4.98 Å². The van der Waals surface area contributed by atoms with Gasteiger partial charge in [0.25, 0.3) is 0 Å². The van der Waals surface area contributed by atoms with Crippen molar-refractivity contribution in [2.45, 2.75) is 18.2 Å². The molecule has 4 nitrogen and oxygen atoms in total. The van der Waals surface area contributed by atoms with Crippen molar-refractivity contribution >= 4 is 29.0 Å². The van der Waals surface area contributed by atoms with Gasteiger partial charge >= 0.3 is 5.97 Å². The van der Waals surface area contributed by atoms with Crippen LogP contribution in [0.1, 0.15) is 18.9 Å². The van der Waals surface area contributed by atoms with Gasteiger partial charge in [-0.05, 0) is 19.4 Å². The first kappa shape index (κ1) is 13.7. The Balaban J connectivity index is 2.42. The molecule has 2 rings (SSSR count). The van der Waals surface area contributed by atoms with Gasteiger partial charge in [0.1, 0.15) is 11.5 Å². The second-order valence-corrected chi connectivity index (χ2v) is 5.17. The molecule has 0 N–H and O–H groups in total. The number of alkyl halides is 1. The molecule has 6 heteroatoms. The largest absolute Gasteiger partial charge is 0.464 e. The topological polar surface area (TPSA) is 51.5 Å². The van der Waals surface area contributed by atoms with Crippen molar-refractivity contribution in [2.24, 2.45) is 4.99 Å². The molecule has 2 heterocycles. The number of rotatable bonds is 2. The number of carbonyl (C=O) groups is 1. The Morgan fingerprint density at radius 1 is 1.53 bits per heavy atom. The molecular weight excluding hydrogens is 271 g/mol. The summed E-state index contributed by atoms with van der Waals surface area (Å²) >= 11 is 6.23. The van der Waals surface area contributed by atoms with E-state index in [-0.39, 0.29) is 5.71 Å². The summed E-state index contributed by atoms with van der Waals surface area (Å²) in [6.45, 7) is 1.68. The van der Waals surface area contributed by atoms with Crippen molar-refractivity contribution in [2.75, 3.05) is 7.11 Å². The minimum absolute atomic E-state index is 0.110. The minimum atomic E-state index is -0.919. The molecule has 1 aromatic heterocycles. The molecule has 1 aliphatic rings.